The van der Waals surface area contributed by atoms with Crippen molar-refractivity contribution in [1.29, 1.82) is 0 Å². The van der Waals surface area contributed by atoms with Crippen LogP contribution in [0.2, 0.25) is 0 Å². The number of benzene rings is 1. The molecule has 0 saturated carbocycles. The fourth-order valence-electron chi connectivity index (χ4n) is 1.93. The van der Waals surface area contributed by atoms with Crippen molar-refractivity contribution >= 4 is 17.7 Å². The summed E-state index contributed by atoms with van der Waals surface area (Å²) in [6.45, 7) is 0.747. The molecular formula is C15H14FN5O2S. The molecule has 0 atom stereocenters. The van der Waals surface area contributed by atoms with Crippen molar-refractivity contribution in [1.82, 2.24) is 25.5 Å². The first-order valence-corrected chi connectivity index (χ1v) is 8.12. The van der Waals surface area contributed by atoms with Gasteiger partial charge >= 0.3 is 0 Å². The van der Waals surface area contributed by atoms with Crippen LogP contribution in [0.25, 0.3) is 0 Å². The van der Waals surface area contributed by atoms with E-state index >= 15 is 0 Å². The standard InChI is InChI=1S/C15H14FN5O2S/c16-12-5-3-11(4-6-12)8-17-14(22)10-24-15-18-19-20-21(15)9-13-2-1-7-23-13/h1-7H,8-10H2,(H,17,22). The quantitative estimate of drug-likeness (QED) is 0.657. The summed E-state index contributed by atoms with van der Waals surface area (Å²) < 4.78 is 19.6. The fraction of sp³-hybridized carbons (Fsp3) is 0.200. The van der Waals surface area contributed by atoms with E-state index in [0.29, 0.717) is 18.2 Å². The van der Waals surface area contributed by atoms with Crippen LogP contribution in [0.1, 0.15) is 11.3 Å². The van der Waals surface area contributed by atoms with E-state index in [2.05, 4.69) is 20.8 Å². The Morgan fingerprint density at radius 1 is 1.29 bits per heavy atom. The number of tetrazole rings is 1. The number of rotatable bonds is 7. The smallest absolute Gasteiger partial charge is 0.230 e. The lowest BCUT2D eigenvalue weighted by atomic mass is 10.2. The minimum absolute atomic E-state index is 0.156. The zero-order chi connectivity index (χ0) is 16.8. The number of carbonyl (C=O) groups excluding carboxylic acids is 1. The van der Waals surface area contributed by atoms with Crippen molar-refractivity contribution in [3.05, 3.63) is 59.8 Å². The summed E-state index contributed by atoms with van der Waals surface area (Å²) in [4.78, 5) is 11.9. The largest absolute Gasteiger partial charge is 0.467 e. The molecule has 0 unspecified atom stereocenters. The van der Waals surface area contributed by atoms with Crippen LogP contribution >= 0.6 is 11.8 Å². The average Bonchev–Trinajstić information content (AvgIpc) is 3.25. The minimum atomic E-state index is -0.302. The number of amides is 1. The Bertz CT molecular complexity index is 789. The first-order chi connectivity index (χ1) is 11.7. The van der Waals surface area contributed by atoms with Crippen molar-refractivity contribution in [2.75, 3.05) is 5.75 Å². The van der Waals surface area contributed by atoms with Gasteiger partial charge in [-0.05, 0) is 40.3 Å². The number of furan rings is 1. The van der Waals surface area contributed by atoms with Crippen LogP contribution in [0.15, 0.2) is 52.2 Å². The Balaban J connectivity index is 1.48. The predicted octanol–water partition coefficient (Wildman–Crippen LogP) is 1.86. The number of hydrogen-bond acceptors (Lipinski definition) is 6. The Kier molecular flexibility index (Phi) is 5.22. The molecule has 0 bridgehead atoms. The molecule has 24 heavy (non-hydrogen) atoms. The van der Waals surface area contributed by atoms with Crippen LogP contribution < -0.4 is 5.32 Å². The van der Waals surface area contributed by atoms with Gasteiger partial charge in [-0.3, -0.25) is 4.79 Å². The van der Waals surface area contributed by atoms with Crippen LogP contribution in [-0.2, 0) is 17.9 Å². The SMILES string of the molecule is O=C(CSc1nnnn1Cc1ccco1)NCc1ccc(F)cc1. The van der Waals surface area contributed by atoms with Gasteiger partial charge in [-0.25, -0.2) is 9.07 Å². The van der Waals surface area contributed by atoms with Crippen LogP contribution in [0.5, 0.6) is 0 Å². The molecule has 0 aliphatic heterocycles. The summed E-state index contributed by atoms with van der Waals surface area (Å²) in [5.41, 5.74) is 0.831. The molecule has 0 saturated heterocycles. The molecule has 7 nitrogen and oxygen atoms in total. The summed E-state index contributed by atoms with van der Waals surface area (Å²) in [5.74, 6) is 0.450. The number of thioether (sulfide) groups is 1. The van der Waals surface area contributed by atoms with Gasteiger partial charge in [0, 0.05) is 6.54 Å². The zero-order valence-electron chi connectivity index (χ0n) is 12.6. The molecule has 124 valence electrons. The first kappa shape index (κ1) is 16.2. The third-order valence-electron chi connectivity index (χ3n) is 3.12. The molecule has 1 N–H and O–H groups in total. The normalized spacial score (nSPS) is 10.7. The van der Waals surface area contributed by atoms with Crippen molar-refractivity contribution in [3.63, 3.8) is 0 Å². The van der Waals surface area contributed by atoms with Gasteiger partial charge in [-0.2, -0.15) is 0 Å². The molecule has 9 heteroatoms. The first-order valence-electron chi connectivity index (χ1n) is 7.13. The molecule has 3 rings (SSSR count). The predicted molar refractivity (Wildman–Crippen MR) is 84.6 cm³/mol. The van der Waals surface area contributed by atoms with Crippen molar-refractivity contribution < 1.29 is 13.6 Å². The highest BCUT2D eigenvalue weighted by Gasteiger charge is 2.11. The Morgan fingerprint density at radius 3 is 2.88 bits per heavy atom. The minimum Gasteiger partial charge on any atom is -0.467 e. The van der Waals surface area contributed by atoms with Gasteiger partial charge < -0.3 is 9.73 Å². The molecule has 0 aliphatic rings. The highest BCUT2D eigenvalue weighted by atomic mass is 32.2. The van der Waals surface area contributed by atoms with Crippen LogP contribution in [0.3, 0.4) is 0 Å². The van der Waals surface area contributed by atoms with E-state index in [1.54, 1.807) is 29.1 Å². The van der Waals surface area contributed by atoms with Crippen LogP contribution in [0, 0.1) is 5.82 Å². The zero-order valence-corrected chi connectivity index (χ0v) is 13.4. The van der Waals surface area contributed by atoms with E-state index in [4.69, 9.17) is 4.42 Å². The maximum absolute atomic E-state index is 12.8. The third kappa shape index (κ3) is 4.42. The third-order valence-corrected chi connectivity index (χ3v) is 4.08. The Hall–Kier alpha value is -2.68. The molecule has 1 amide bonds. The summed E-state index contributed by atoms with van der Waals surface area (Å²) in [6.07, 6.45) is 1.58. The number of nitrogens with zero attached hydrogens (tertiary/aromatic N) is 4. The summed E-state index contributed by atoms with van der Waals surface area (Å²) in [7, 11) is 0. The van der Waals surface area contributed by atoms with Crippen molar-refractivity contribution in [2.45, 2.75) is 18.2 Å². The fourth-order valence-corrected chi connectivity index (χ4v) is 2.64. The van der Waals surface area contributed by atoms with Crippen LogP contribution in [0.4, 0.5) is 4.39 Å². The second kappa shape index (κ2) is 7.73. The molecule has 2 aromatic heterocycles. The van der Waals surface area contributed by atoms with Crippen molar-refractivity contribution in [2.24, 2.45) is 0 Å². The number of nitrogens with one attached hydrogen (secondary N) is 1. The van der Waals surface area contributed by atoms with Crippen molar-refractivity contribution in [3.8, 4) is 0 Å². The van der Waals surface area contributed by atoms with E-state index in [-0.39, 0.29) is 17.5 Å². The van der Waals surface area contributed by atoms with Gasteiger partial charge in [-0.15, -0.1) is 5.10 Å². The van der Waals surface area contributed by atoms with E-state index in [0.717, 1.165) is 11.3 Å². The lowest BCUT2D eigenvalue weighted by molar-refractivity contribution is -0.118. The molecule has 2 heterocycles. The van der Waals surface area contributed by atoms with Gasteiger partial charge in [0.1, 0.15) is 18.1 Å². The highest BCUT2D eigenvalue weighted by molar-refractivity contribution is 7.99. The number of carbonyl (C=O) groups is 1. The van der Waals surface area contributed by atoms with E-state index in [1.807, 2.05) is 6.07 Å². The van der Waals surface area contributed by atoms with Crippen LogP contribution in [-0.4, -0.2) is 31.9 Å². The average molecular weight is 347 g/mol. The molecule has 0 fully saturated rings. The second-order valence-corrected chi connectivity index (χ2v) is 5.83. The lowest BCUT2D eigenvalue weighted by Crippen LogP contribution is -2.24. The summed E-state index contributed by atoms with van der Waals surface area (Å²) >= 11 is 1.23. The number of aromatic nitrogens is 4. The van der Waals surface area contributed by atoms with Gasteiger partial charge in [0.05, 0.1) is 12.0 Å². The second-order valence-electron chi connectivity index (χ2n) is 4.89. The molecule has 0 spiro atoms. The van der Waals surface area contributed by atoms with Gasteiger partial charge in [0.15, 0.2) is 0 Å². The topological polar surface area (TPSA) is 85.8 Å². The molecule has 3 aromatic rings. The maximum Gasteiger partial charge on any atom is 0.230 e. The molecular weight excluding hydrogens is 333 g/mol. The van der Waals surface area contributed by atoms with E-state index in [9.17, 15) is 9.18 Å². The maximum atomic E-state index is 12.8. The van der Waals surface area contributed by atoms with Gasteiger partial charge in [0.2, 0.25) is 11.1 Å². The molecule has 0 aliphatic carbocycles. The van der Waals surface area contributed by atoms with Gasteiger partial charge in [-0.1, -0.05) is 23.9 Å². The number of hydrogen-bond donors (Lipinski definition) is 1. The Labute approximate surface area is 141 Å². The Morgan fingerprint density at radius 2 is 2.12 bits per heavy atom. The number of halogens is 1. The lowest BCUT2D eigenvalue weighted by Gasteiger charge is -2.05. The highest BCUT2D eigenvalue weighted by Crippen LogP contribution is 2.15. The molecule has 0 radical (unpaired) electrons. The monoisotopic (exact) mass is 347 g/mol. The summed E-state index contributed by atoms with van der Waals surface area (Å²) in [5, 5.41) is 14.7. The van der Waals surface area contributed by atoms with E-state index in [1.165, 1.54) is 23.9 Å². The van der Waals surface area contributed by atoms with Gasteiger partial charge in [0.25, 0.3) is 0 Å². The molecule has 1 aromatic carbocycles. The summed E-state index contributed by atoms with van der Waals surface area (Å²) in [6, 6.07) is 9.60. The van der Waals surface area contributed by atoms with E-state index < -0.39 is 0 Å².